The molecule has 3 aromatic rings. The summed E-state index contributed by atoms with van der Waals surface area (Å²) >= 11 is 0. The first-order chi connectivity index (χ1) is 12.0. The number of rotatable bonds is 6. The van der Waals surface area contributed by atoms with Gasteiger partial charge in [-0.1, -0.05) is 47.1 Å². The fourth-order valence-electron chi connectivity index (χ4n) is 2.88. The van der Waals surface area contributed by atoms with Crippen LogP contribution in [-0.2, 0) is 11.2 Å². The minimum absolute atomic E-state index is 0.0574. The number of hydrogen-bond donors (Lipinski definition) is 1. The summed E-state index contributed by atoms with van der Waals surface area (Å²) in [6.45, 7) is 2.61. The molecule has 1 heterocycles. The Morgan fingerprint density at radius 3 is 2.60 bits per heavy atom. The van der Waals surface area contributed by atoms with Gasteiger partial charge in [-0.3, -0.25) is 4.79 Å². The molecule has 5 nitrogen and oxygen atoms in total. The van der Waals surface area contributed by atoms with Crippen molar-refractivity contribution in [3.05, 3.63) is 65.4 Å². The van der Waals surface area contributed by atoms with Crippen molar-refractivity contribution in [2.24, 2.45) is 0 Å². The van der Waals surface area contributed by atoms with E-state index in [-0.39, 0.29) is 18.4 Å². The van der Waals surface area contributed by atoms with E-state index in [4.69, 9.17) is 4.52 Å². The smallest absolute Gasteiger partial charge is 0.226 e. The number of fused-ring (bicyclic) bond motifs is 1. The van der Waals surface area contributed by atoms with Crippen LogP contribution >= 0.6 is 0 Å². The van der Waals surface area contributed by atoms with Crippen molar-refractivity contribution < 1.29 is 9.32 Å². The highest BCUT2D eigenvalue weighted by atomic mass is 16.5. The molecule has 1 unspecified atom stereocenters. The lowest BCUT2D eigenvalue weighted by Gasteiger charge is -2.25. The van der Waals surface area contributed by atoms with E-state index in [2.05, 4.69) is 46.6 Å². The van der Waals surface area contributed by atoms with Crippen molar-refractivity contribution in [2.45, 2.75) is 19.4 Å². The lowest BCUT2D eigenvalue weighted by atomic mass is 10.0. The number of likely N-dealkylation sites (N-methyl/N-ethyl adjacent to an activating group) is 1. The van der Waals surface area contributed by atoms with Gasteiger partial charge in [0.1, 0.15) is 5.69 Å². The number of carbonyl (C=O) groups excluding carboxylic acids is 1. The van der Waals surface area contributed by atoms with Gasteiger partial charge in [-0.15, -0.1) is 0 Å². The Labute approximate surface area is 147 Å². The Morgan fingerprint density at radius 2 is 1.88 bits per heavy atom. The quantitative estimate of drug-likeness (QED) is 0.751. The predicted octanol–water partition coefficient (Wildman–Crippen LogP) is 3.10. The van der Waals surface area contributed by atoms with Crippen LogP contribution in [0.4, 0.5) is 0 Å². The number of para-hydroxylation sites is 1. The van der Waals surface area contributed by atoms with Crippen LogP contribution < -0.4 is 5.32 Å². The van der Waals surface area contributed by atoms with Crippen LogP contribution in [0, 0.1) is 6.92 Å². The number of carbonyl (C=O) groups is 1. The predicted molar refractivity (Wildman–Crippen MR) is 98.3 cm³/mol. The fraction of sp³-hybridized carbons (Fsp3) is 0.300. The number of hydrogen-bond acceptors (Lipinski definition) is 4. The topological polar surface area (TPSA) is 58.4 Å². The van der Waals surface area contributed by atoms with E-state index in [1.807, 2.05) is 38.4 Å². The van der Waals surface area contributed by atoms with E-state index in [1.54, 1.807) is 0 Å². The maximum Gasteiger partial charge on any atom is 0.226 e. The fourth-order valence-corrected chi connectivity index (χ4v) is 2.88. The highest BCUT2D eigenvalue weighted by molar-refractivity contribution is 5.86. The van der Waals surface area contributed by atoms with Gasteiger partial charge in [0.25, 0.3) is 0 Å². The van der Waals surface area contributed by atoms with E-state index in [1.165, 1.54) is 11.1 Å². The first-order valence-electron chi connectivity index (χ1n) is 8.37. The highest BCUT2D eigenvalue weighted by Crippen LogP contribution is 2.19. The lowest BCUT2D eigenvalue weighted by molar-refractivity contribution is -0.120. The van der Waals surface area contributed by atoms with Gasteiger partial charge in [-0.05, 0) is 38.7 Å². The minimum atomic E-state index is -0.0574. The molecule has 0 saturated carbocycles. The van der Waals surface area contributed by atoms with Crippen LogP contribution in [0.1, 0.15) is 22.9 Å². The molecule has 0 bridgehead atoms. The number of benzene rings is 2. The zero-order valence-corrected chi connectivity index (χ0v) is 14.8. The highest BCUT2D eigenvalue weighted by Gasteiger charge is 2.17. The van der Waals surface area contributed by atoms with Gasteiger partial charge in [0.05, 0.1) is 12.5 Å². The lowest BCUT2D eigenvalue weighted by Crippen LogP contribution is -2.35. The van der Waals surface area contributed by atoms with Crippen LogP contribution in [0.15, 0.2) is 53.1 Å². The summed E-state index contributed by atoms with van der Waals surface area (Å²) in [5.74, 6) is -0.0574. The Bertz CT molecular complexity index is 853. The number of nitrogens with one attached hydrogen (secondary N) is 1. The number of aromatic nitrogens is 1. The van der Waals surface area contributed by atoms with E-state index in [9.17, 15) is 4.79 Å². The van der Waals surface area contributed by atoms with E-state index in [0.29, 0.717) is 17.8 Å². The molecule has 0 aliphatic rings. The first-order valence-corrected chi connectivity index (χ1v) is 8.37. The Morgan fingerprint density at radius 1 is 1.16 bits per heavy atom. The standard InChI is InChI=1S/C20H23N3O2/c1-14-8-10-15(11-9-14)18(23(2)3)13-21-20(24)12-17-16-6-4-5-7-19(16)25-22-17/h4-11,18H,12-13H2,1-3H3,(H,21,24). The summed E-state index contributed by atoms with van der Waals surface area (Å²) in [6, 6.07) is 16.1. The number of nitrogens with zero attached hydrogens (tertiary/aromatic N) is 2. The van der Waals surface area contributed by atoms with Gasteiger partial charge < -0.3 is 14.7 Å². The summed E-state index contributed by atoms with van der Waals surface area (Å²) in [7, 11) is 4.03. The molecule has 1 N–H and O–H groups in total. The summed E-state index contributed by atoms with van der Waals surface area (Å²) < 4.78 is 5.26. The molecule has 0 fully saturated rings. The summed E-state index contributed by atoms with van der Waals surface area (Å²) in [5.41, 5.74) is 3.78. The second kappa shape index (κ2) is 7.49. The molecule has 0 saturated heterocycles. The Hall–Kier alpha value is -2.66. The van der Waals surface area contributed by atoms with Gasteiger partial charge in [0.15, 0.2) is 5.58 Å². The van der Waals surface area contributed by atoms with Crippen LogP contribution in [0.5, 0.6) is 0 Å². The molecule has 0 radical (unpaired) electrons. The summed E-state index contributed by atoms with van der Waals surface area (Å²) in [4.78, 5) is 14.5. The van der Waals surface area contributed by atoms with E-state index >= 15 is 0 Å². The number of aryl methyl sites for hydroxylation is 1. The molecule has 130 valence electrons. The van der Waals surface area contributed by atoms with E-state index < -0.39 is 0 Å². The first kappa shape index (κ1) is 17.2. The SMILES string of the molecule is Cc1ccc(C(CNC(=O)Cc2noc3ccccc23)N(C)C)cc1. The molecule has 1 aromatic heterocycles. The van der Waals surface area contributed by atoms with Crippen molar-refractivity contribution in [3.8, 4) is 0 Å². The third kappa shape index (κ3) is 4.06. The van der Waals surface area contributed by atoms with Crippen molar-refractivity contribution >= 4 is 16.9 Å². The van der Waals surface area contributed by atoms with Crippen LogP contribution in [0.2, 0.25) is 0 Å². The molecule has 2 aromatic carbocycles. The average molecular weight is 337 g/mol. The average Bonchev–Trinajstić information content (AvgIpc) is 2.99. The second-order valence-corrected chi connectivity index (χ2v) is 6.50. The molecule has 0 spiro atoms. The second-order valence-electron chi connectivity index (χ2n) is 6.50. The van der Waals surface area contributed by atoms with Gasteiger partial charge in [-0.25, -0.2) is 0 Å². The Balaban J connectivity index is 1.64. The van der Waals surface area contributed by atoms with Crippen molar-refractivity contribution in [2.75, 3.05) is 20.6 Å². The maximum atomic E-state index is 12.4. The van der Waals surface area contributed by atoms with Crippen molar-refractivity contribution in [1.29, 1.82) is 0 Å². The van der Waals surface area contributed by atoms with Crippen LogP contribution in [0.3, 0.4) is 0 Å². The summed E-state index contributed by atoms with van der Waals surface area (Å²) in [6.07, 6.45) is 0.213. The van der Waals surface area contributed by atoms with Crippen LogP contribution in [-0.4, -0.2) is 36.6 Å². The van der Waals surface area contributed by atoms with Gasteiger partial charge in [0.2, 0.25) is 5.91 Å². The third-order valence-corrected chi connectivity index (χ3v) is 4.36. The molecule has 0 aliphatic heterocycles. The van der Waals surface area contributed by atoms with Crippen molar-refractivity contribution in [1.82, 2.24) is 15.4 Å². The normalized spacial score (nSPS) is 12.5. The zero-order valence-electron chi connectivity index (χ0n) is 14.8. The molecule has 3 rings (SSSR count). The van der Waals surface area contributed by atoms with Crippen molar-refractivity contribution in [3.63, 3.8) is 0 Å². The monoisotopic (exact) mass is 337 g/mol. The maximum absolute atomic E-state index is 12.4. The van der Waals surface area contributed by atoms with Gasteiger partial charge in [-0.2, -0.15) is 0 Å². The number of amides is 1. The minimum Gasteiger partial charge on any atom is -0.356 e. The molecular formula is C20H23N3O2. The Kier molecular flexibility index (Phi) is 5.14. The molecule has 5 heteroatoms. The third-order valence-electron chi connectivity index (χ3n) is 4.36. The van der Waals surface area contributed by atoms with E-state index in [0.717, 1.165) is 5.39 Å². The molecule has 1 atom stereocenters. The van der Waals surface area contributed by atoms with Gasteiger partial charge in [0, 0.05) is 11.9 Å². The van der Waals surface area contributed by atoms with Gasteiger partial charge >= 0.3 is 0 Å². The largest absolute Gasteiger partial charge is 0.356 e. The molecule has 1 amide bonds. The summed E-state index contributed by atoms with van der Waals surface area (Å²) in [5, 5.41) is 7.93. The molecule has 0 aliphatic carbocycles. The van der Waals surface area contributed by atoms with Crippen LogP contribution in [0.25, 0.3) is 11.0 Å². The molecule has 25 heavy (non-hydrogen) atoms. The zero-order chi connectivity index (χ0) is 17.8. The molecular weight excluding hydrogens is 314 g/mol.